The van der Waals surface area contributed by atoms with E-state index in [-0.39, 0.29) is 0 Å². The van der Waals surface area contributed by atoms with Gasteiger partial charge in [0, 0.05) is 0 Å². The van der Waals surface area contributed by atoms with Crippen molar-refractivity contribution >= 4 is 3.90 Å². The summed E-state index contributed by atoms with van der Waals surface area (Å²) in [5.74, 6) is 0. The van der Waals surface area contributed by atoms with Gasteiger partial charge in [-0.3, -0.25) is 0 Å². The van der Waals surface area contributed by atoms with E-state index >= 15 is 0 Å². The van der Waals surface area contributed by atoms with Gasteiger partial charge in [-0.1, -0.05) is 0 Å². The first-order chi connectivity index (χ1) is 4.04. The van der Waals surface area contributed by atoms with E-state index in [1.807, 2.05) is 6.92 Å². The van der Waals surface area contributed by atoms with Crippen LogP contribution < -0.4 is 0 Å². The number of rotatable bonds is 2. The quantitative estimate of drug-likeness (QED) is 0.685. The van der Waals surface area contributed by atoms with Crippen molar-refractivity contribution in [2.24, 2.45) is 0 Å². The summed E-state index contributed by atoms with van der Waals surface area (Å²) in [6.45, 7) is 10.1. The van der Waals surface area contributed by atoms with Gasteiger partial charge in [-0.25, -0.2) is 0 Å². The van der Waals surface area contributed by atoms with E-state index in [0.717, 1.165) is 5.57 Å². The summed E-state index contributed by atoms with van der Waals surface area (Å²) in [7, 11) is 0. The average Bonchev–Trinajstić information content (AvgIpc) is 1.63. The average molecular weight is 292 g/mol. The molecule has 0 atom stereocenters. The fourth-order valence-electron chi connectivity index (χ4n) is 0.471. The maximum atomic E-state index is 3.80. The summed E-state index contributed by atoms with van der Waals surface area (Å²) in [6.07, 6.45) is 2.11. The van der Waals surface area contributed by atoms with Crippen LogP contribution in [-0.4, -0.2) is 3.90 Å². The molecule has 0 saturated heterocycles. The van der Waals surface area contributed by atoms with Crippen molar-refractivity contribution in [3.8, 4) is 0 Å². The van der Waals surface area contributed by atoms with Crippen LogP contribution in [0.15, 0.2) is 23.8 Å². The summed E-state index contributed by atoms with van der Waals surface area (Å²) < 4.78 is 1.44. The molecule has 0 aromatic heterocycles. The standard InChI is InChI=1S/C8H12.W/c1-5-8(4)6-7(2)3;/h6H,2H2,1,3-4H3;. The van der Waals surface area contributed by atoms with Gasteiger partial charge in [-0.2, -0.15) is 0 Å². The Kier molecular flexibility index (Phi) is 3.97. The molecule has 0 nitrogen and oxygen atoms in total. The molecule has 0 aliphatic carbocycles. The topological polar surface area (TPSA) is 0 Å². The number of hydrogen-bond donors (Lipinski definition) is 0. The van der Waals surface area contributed by atoms with Crippen LogP contribution in [0.25, 0.3) is 0 Å². The van der Waals surface area contributed by atoms with Crippen LogP contribution in [-0.2, 0) is 19.4 Å². The maximum absolute atomic E-state index is 3.80. The molecule has 0 rings (SSSR count). The number of allylic oxidation sites excluding steroid dienone is 3. The molecule has 0 aromatic carbocycles. The van der Waals surface area contributed by atoms with Gasteiger partial charge in [-0.05, 0) is 0 Å². The zero-order valence-electron chi connectivity index (χ0n) is 6.19. The van der Waals surface area contributed by atoms with Crippen LogP contribution >= 0.6 is 0 Å². The first kappa shape index (κ1) is 9.04. The summed E-state index contributed by atoms with van der Waals surface area (Å²) in [4.78, 5) is 0. The molecule has 0 bridgehead atoms. The molecule has 0 N–H and O–H groups in total. The Morgan fingerprint density at radius 2 is 1.78 bits per heavy atom. The molecular weight excluding hydrogens is 280 g/mol. The van der Waals surface area contributed by atoms with E-state index in [2.05, 4.69) is 26.5 Å². The Balaban J connectivity index is 4.17. The van der Waals surface area contributed by atoms with Crippen molar-refractivity contribution in [2.45, 2.75) is 20.8 Å². The van der Waals surface area contributed by atoms with Crippen LogP contribution in [0.1, 0.15) is 20.8 Å². The predicted octanol–water partition coefficient (Wildman–Crippen LogP) is 2.25. The molecule has 0 aromatic rings. The summed E-state index contributed by atoms with van der Waals surface area (Å²) in [6, 6.07) is 0. The van der Waals surface area contributed by atoms with Crippen LogP contribution in [0.2, 0.25) is 0 Å². The molecule has 0 heterocycles. The SMILES string of the molecule is C=C(C)C=C(C)[C](C)=[W]. The van der Waals surface area contributed by atoms with Crippen molar-refractivity contribution in [1.29, 1.82) is 0 Å². The minimum atomic E-state index is 1.13. The third-order valence-corrected chi connectivity index (χ3v) is 2.17. The first-order valence-corrected chi connectivity index (χ1v) is 4.35. The summed E-state index contributed by atoms with van der Waals surface area (Å²) in [5, 5.41) is 0. The second-order valence-corrected chi connectivity index (χ2v) is 4.43. The van der Waals surface area contributed by atoms with Crippen molar-refractivity contribution < 1.29 is 19.4 Å². The molecule has 0 radical (unpaired) electrons. The van der Waals surface area contributed by atoms with Gasteiger partial charge < -0.3 is 0 Å². The van der Waals surface area contributed by atoms with Gasteiger partial charge in [0.25, 0.3) is 0 Å². The summed E-state index contributed by atoms with van der Waals surface area (Å²) in [5.41, 5.74) is 2.49. The summed E-state index contributed by atoms with van der Waals surface area (Å²) >= 11 is 1.54. The van der Waals surface area contributed by atoms with Crippen molar-refractivity contribution in [3.63, 3.8) is 0 Å². The zero-order chi connectivity index (χ0) is 7.44. The van der Waals surface area contributed by atoms with Gasteiger partial charge in [-0.15, -0.1) is 0 Å². The van der Waals surface area contributed by atoms with Crippen LogP contribution in [0.5, 0.6) is 0 Å². The van der Waals surface area contributed by atoms with Gasteiger partial charge in [0.2, 0.25) is 0 Å². The van der Waals surface area contributed by atoms with E-state index in [0.29, 0.717) is 0 Å². The Labute approximate surface area is 68.1 Å². The van der Waals surface area contributed by atoms with E-state index in [9.17, 15) is 0 Å². The molecule has 0 aliphatic rings. The van der Waals surface area contributed by atoms with Gasteiger partial charge in [0.05, 0.1) is 0 Å². The molecule has 9 heavy (non-hydrogen) atoms. The van der Waals surface area contributed by atoms with Gasteiger partial charge >= 0.3 is 67.8 Å². The van der Waals surface area contributed by atoms with Crippen LogP contribution in [0.4, 0.5) is 0 Å². The van der Waals surface area contributed by atoms with E-state index in [1.165, 1.54) is 9.47 Å². The molecule has 50 valence electrons. The van der Waals surface area contributed by atoms with E-state index in [1.54, 1.807) is 19.4 Å². The Morgan fingerprint density at radius 1 is 1.33 bits per heavy atom. The third kappa shape index (κ3) is 4.54. The first-order valence-electron chi connectivity index (χ1n) is 2.89. The molecule has 0 aliphatic heterocycles. The Bertz CT molecular complexity index is 163. The molecule has 0 fully saturated rings. The fraction of sp³-hybridized carbons (Fsp3) is 0.375. The van der Waals surface area contributed by atoms with Crippen molar-refractivity contribution in [3.05, 3.63) is 23.8 Å². The predicted molar refractivity (Wildman–Crippen MR) is 39.3 cm³/mol. The molecule has 1 heteroatoms. The zero-order valence-corrected chi connectivity index (χ0v) is 9.13. The van der Waals surface area contributed by atoms with E-state index in [4.69, 9.17) is 0 Å². The van der Waals surface area contributed by atoms with Crippen molar-refractivity contribution in [1.82, 2.24) is 0 Å². The molecular formula is C8H12W. The Morgan fingerprint density at radius 3 is 1.89 bits per heavy atom. The molecule has 0 saturated carbocycles. The fourth-order valence-corrected chi connectivity index (χ4v) is 0.683. The van der Waals surface area contributed by atoms with Gasteiger partial charge in [0.15, 0.2) is 0 Å². The molecule has 0 unspecified atom stereocenters. The third-order valence-electron chi connectivity index (χ3n) is 1.02. The second kappa shape index (κ2) is 3.95. The molecule has 0 amide bonds. The van der Waals surface area contributed by atoms with Gasteiger partial charge in [0.1, 0.15) is 0 Å². The van der Waals surface area contributed by atoms with Crippen molar-refractivity contribution in [2.75, 3.05) is 0 Å². The van der Waals surface area contributed by atoms with E-state index < -0.39 is 0 Å². The normalized spacial score (nSPS) is 11.2. The van der Waals surface area contributed by atoms with Crippen LogP contribution in [0, 0.1) is 0 Å². The molecule has 0 spiro atoms. The van der Waals surface area contributed by atoms with Crippen LogP contribution in [0.3, 0.4) is 0 Å². The second-order valence-electron chi connectivity index (χ2n) is 2.23. The minimum absolute atomic E-state index is 1.13. The monoisotopic (exact) mass is 292 g/mol. The number of hydrogen-bond acceptors (Lipinski definition) is 0. The Hall–Kier alpha value is 0.0383.